The quantitative estimate of drug-likeness (QED) is 0.713. The Hall–Kier alpha value is -1.26. The van der Waals surface area contributed by atoms with Gasteiger partial charge in [0.25, 0.3) is 0 Å². The Morgan fingerprint density at radius 1 is 1.12 bits per heavy atom. The van der Waals surface area contributed by atoms with Crippen molar-refractivity contribution in [2.75, 3.05) is 5.32 Å². The molecule has 0 bridgehead atoms. The largest absolute Gasteiger partial charge is 0.345 e. The average molecular weight is 385 g/mol. The highest BCUT2D eigenvalue weighted by Gasteiger charge is 2.32. The monoisotopic (exact) mass is 384 g/mol. The van der Waals surface area contributed by atoms with Gasteiger partial charge in [0, 0.05) is 11.1 Å². The molecule has 1 aromatic carbocycles. The van der Waals surface area contributed by atoms with E-state index >= 15 is 0 Å². The van der Waals surface area contributed by atoms with Crippen LogP contribution in [-0.2, 0) is 9.59 Å². The molecule has 1 aliphatic rings. The van der Waals surface area contributed by atoms with Gasteiger partial charge in [-0.15, -0.1) is 0 Å². The van der Waals surface area contributed by atoms with Crippen LogP contribution in [-0.4, -0.2) is 17.9 Å². The van der Waals surface area contributed by atoms with Crippen LogP contribution in [0.15, 0.2) is 18.2 Å². The normalized spacial score (nSPS) is 20.8. The van der Waals surface area contributed by atoms with Crippen LogP contribution in [0, 0.1) is 11.3 Å². The zero-order valence-electron chi connectivity index (χ0n) is 15.0. The van der Waals surface area contributed by atoms with Gasteiger partial charge in [0.1, 0.15) is 0 Å². The maximum absolute atomic E-state index is 12.1. The van der Waals surface area contributed by atoms with Crippen molar-refractivity contribution in [3.63, 3.8) is 0 Å². The van der Waals surface area contributed by atoms with Crippen LogP contribution in [0.1, 0.15) is 52.9 Å². The number of halogens is 2. The summed E-state index contributed by atoms with van der Waals surface area (Å²) in [5.74, 6) is -0.656. The summed E-state index contributed by atoms with van der Waals surface area (Å²) in [6, 6.07) is 4.77. The average Bonchev–Trinajstić information content (AvgIpc) is 2.57. The van der Waals surface area contributed by atoms with Gasteiger partial charge in [0.05, 0.1) is 10.7 Å². The third-order valence-corrected chi connectivity index (χ3v) is 6.01. The van der Waals surface area contributed by atoms with E-state index in [1.807, 2.05) is 0 Å². The summed E-state index contributed by atoms with van der Waals surface area (Å²) in [6.07, 6.45) is 5.13. The van der Waals surface area contributed by atoms with Gasteiger partial charge in [0.15, 0.2) is 0 Å². The molecule has 0 aliphatic heterocycles. The number of rotatable bonds is 4. The molecule has 138 valence electrons. The third kappa shape index (κ3) is 5.35. The van der Waals surface area contributed by atoms with Crippen LogP contribution in [0.25, 0.3) is 0 Å². The summed E-state index contributed by atoms with van der Waals surface area (Å²) < 4.78 is 0. The molecule has 6 heteroatoms. The Morgan fingerprint density at radius 3 is 2.32 bits per heavy atom. The van der Waals surface area contributed by atoms with Crippen molar-refractivity contribution in [2.24, 2.45) is 11.3 Å². The molecule has 1 fully saturated rings. The molecule has 0 spiro atoms. The summed E-state index contributed by atoms with van der Waals surface area (Å²) >= 11 is 11.8. The highest BCUT2D eigenvalue weighted by Crippen LogP contribution is 2.40. The van der Waals surface area contributed by atoms with Crippen molar-refractivity contribution in [1.82, 2.24) is 5.32 Å². The lowest BCUT2D eigenvalue weighted by molar-refractivity contribution is -0.136. The van der Waals surface area contributed by atoms with Gasteiger partial charge >= 0.3 is 11.8 Å². The van der Waals surface area contributed by atoms with Crippen LogP contribution in [0.5, 0.6) is 0 Å². The van der Waals surface area contributed by atoms with Crippen molar-refractivity contribution in [2.45, 2.75) is 58.9 Å². The summed E-state index contributed by atoms with van der Waals surface area (Å²) in [5, 5.41) is 6.14. The molecule has 1 aromatic rings. The van der Waals surface area contributed by atoms with Crippen LogP contribution >= 0.6 is 23.2 Å². The molecule has 25 heavy (non-hydrogen) atoms. The zero-order valence-corrected chi connectivity index (χ0v) is 16.5. The maximum Gasteiger partial charge on any atom is 0.313 e. The minimum atomic E-state index is -0.708. The first-order valence-corrected chi connectivity index (χ1v) is 9.55. The molecular formula is C19H26Cl2N2O2. The van der Waals surface area contributed by atoms with E-state index in [4.69, 9.17) is 23.2 Å². The second-order valence-corrected chi connectivity index (χ2v) is 8.29. The Kier molecular flexibility index (Phi) is 6.75. The molecule has 0 radical (unpaired) electrons. The summed E-state index contributed by atoms with van der Waals surface area (Å²) in [4.78, 5) is 24.2. The molecule has 2 N–H and O–H groups in total. The van der Waals surface area contributed by atoms with Gasteiger partial charge in [-0.1, -0.05) is 50.4 Å². The van der Waals surface area contributed by atoms with E-state index in [0.29, 0.717) is 27.1 Å². The molecule has 4 nitrogen and oxygen atoms in total. The summed E-state index contributed by atoms with van der Waals surface area (Å²) in [6.45, 7) is 6.83. The SMILES string of the molecule is CCC(C)(C)C1CCC(NC(=O)C(=O)Nc2ccc(Cl)cc2Cl)CC1. The van der Waals surface area contributed by atoms with Crippen LogP contribution in [0.4, 0.5) is 5.69 Å². The molecule has 2 rings (SSSR count). The van der Waals surface area contributed by atoms with Gasteiger partial charge in [-0.3, -0.25) is 9.59 Å². The minimum Gasteiger partial charge on any atom is -0.345 e. The van der Waals surface area contributed by atoms with Crippen molar-refractivity contribution >= 4 is 40.7 Å². The van der Waals surface area contributed by atoms with E-state index in [2.05, 4.69) is 31.4 Å². The Morgan fingerprint density at radius 2 is 1.76 bits per heavy atom. The second kappa shape index (κ2) is 8.41. The molecule has 0 heterocycles. The van der Waals surface area contributed by atoms with Crippen molar-refractivity contribution in [3.05, 3.63) is 28.2 Å². The van der Waals surface area contributed by atoms with Crippen molar-refractivity contribution in [1.29, 1.82) is 0 Å². The number of nitrogens with one attached hydrogen (secondary N) is 2. The van der Waals surface area contributed by atoms with Gasteiger partial charge in [-0.25, -0.2) is 0 Å². The van der Waals surface area contributed by atoms with Gasteiger partial charge in [-0.05, 0) is 55.2 Å². The lowest BCUT2D eigenvalue weighted by Crippen LogP contribution is -2.44. The predicted molar refractivity (Wildman–Crippen MR) is 103 cm³/mol. The van der Waals surface area contributed by atoms with E-state index in [1.165, 1.54) is 6.07 Å². The number of hydrogen-bond donors (Lipinski definition) is 2. The minimum absolute atomic E-state index is 0.0582. The summed E-state index contributed by atoms with van der Waals surface area (Å²) in [7, 11) is 0. The number of anilines is 1. The molecule has 0 aromatic heterocycles. The molecular weight excluding hydrogens is 359 g/mol. The lowest BCUT2D eigenvalue weighted by Gasteiger charge is -2.39. The number of carbonyl (C=O) groups is 2. The number of benzene rings is 1. The van der Waals surface area contributed by atoms with Crippen LogP contribution in [0.2, 0.25) is 10.0 Å². The Balaban J connectivity index is 1.85. The molecule has 1 saturated carbocycles. The fourth-order valence-corrected chi connectivity index (χ4v) is 3.78. The number of amides is 2. The predicted octanol–water partition coefficient (Wildman–Crippen LogP) is 5.04. The van der Waals surface area contributed by atoms with Crippen molar-refractivity contribution in [3.8, 4) is 0 Å². The molecule has 0 saturated heterocycles. The van der Waals surface area contributed by atoms with Gasteiger partial charge < -0.3 is 10.6 Å². The fourth-order valence-electron chi connectivity index (χ4n) is 3.33. The molecule has 1 aliphatic carbocycles. The Labute approximate surface area is 159 Å². The zero-order chi connectivity index (χ0) is 18.6. The highest BCUT2D eigenvalue weighted by atomic mass is 35.5. The standard InChI is InChI=1S/C19H26Cl2N2O2/c1-4-19(2,3)12-5-8-14(9-6-12)22-17(24)18(25)23-16-10-7-13(20)11-15(16)21/h7,10-12,14H,4-6,8-9H2,1-3H3,(H,22,24)(H,23,25). The molecule has 0 unspecified atom stereocenters. The van der Waals surface area contributed by atoms with E-state index in [9.17, 15) is 9.59 Å². The first-order chi connectivity index (χ1) is 11.7. The van der Waals surface area contributed by atoms with Crippen LogP contribution < -0.4 is 10.6 Å². The second-order valence-electron chi connectivity index (χ2n) is 7.44. The summed E-state index contributed by atoms with van der Waals surface area (Å²) in [5.41, 5.74) is 0.706. The third-order valence-electron chi connectivity index (χ3n) is 5.46. The fraction of sp³-hybridized carbons (Fsp3) is 0.579. The van der Waals surface area contributed by atoms with Gasteiger partial charge in [0.2, 0.25) is 0 Å². The van der Waals surface area contributed by atoms with E-state index < -0.39 is 11.8 Å². The maximum atomic E-state index is 12.1. The first-order valence-electron chi connectivity index (χ1n) is 8.80. The topological polar surface area (TPSA) is 58.2 Å². The highest BCUT2D eigenvalue weighted by molar-refractivity contribution is 6.42. The first kappa shape index (κ1) is 20.1. The molecule has 0 atom stereocenters. The van der Waals surface area contributed by atoms with E-state index in [0.717, 1.165) is 32.1 Å². The lowest BCUT2D eigenvalue weighted by atomic mass is 9.69. The van der Waals surface area contributed by atoms with E-state index in [-0.39, 0.29) is 6.04 Å². The Bertz CT molecular complexity index is 638. The van der Waals surface area contributed by atoms with Gasteiger partial charge in [-0.2, -0.15) is 0 Å². The van der Waals surface area contributed by atoms with Crippen LogP contribution in [0.3, 0.4) is 0 Å². The number of hydrogen-bond acceptors (Lipinski definition) is 2. The number of carbonyl (C=O) groups excluding carboxylic acids is 2. The van der Waals surface area contributed by atoms with E-state index in [1.54, 1.807) is 12.1 Å². The van der Waals surface area contributed by atoms with Crippen molar-refractivity contribution < 1.29 is 9.59 Å². The smallest absolute Gasteiger partial charge is 0.313 e. The molecule has 2 amide bonds.